The highest BCUT2D eigenvalue weighted by Crippen LogP contribution is 2.29. The van der Waals surface area contributed by atoms with Crippen molar-refractivity contribution in [2.24, 2.45) is 0 Å². The van der Waals surface area contributed by atoms with Gasteiger partial charge in [0.05, 0.1) is 10.6 Å². The van der Waals surface area contributed by atoms with Crippen LogP contribution >= 0.6 is 31.9 Å². The molecule has 1 N–H and O–H groups in total. The van der Waals surface area contributed by atoms with E-state index in [0.717, 1.165) is 16.1 Å². The van der Waals surface area contributed by atoms with Crippen molar-refractivity contribution in [3.05, 3.63) is 56.5 Å². The van der Waals surface area contributed by atoms with E-state index in [4.69, 9.17) is 0 Å². The second-order valence-electron chi connectivity index (χ2n) is 4.26. The Labute approximate surface area is 137 Å². The normalized spacial score (nSPS) is 11.5. The van der Waals surface area contributed by atoms with Gasteiger partial charge in [-0.05, 0) is 52.7 Å². The Hall–Kier alpha value is -0.990. The van der Waals surface area contributed by atoms with Crippen molar-refractivity contribution < 1.29 is 17.2 Å². The Morgan fingerprint density at radius 3 is 2.29 bits per heavy atom. The molecule has 2 aromatic carbocycles. The quantitative estimate of drug-likeness (QED) is 0.758. The van der Waals surface area contributed by atoms with Crippen LogP contribution in [0.5, 0.6) is 0 Å². The molecule has 0 saturated carbocycles. The van der Waals surface area contributed by atoms with Gasteiger partial charge in [-0.15, -0.1) is 0 Å². The number of halogens is 4. The van der Waals surface area contributed by atoms with Crippen LogP contribution in [0.2, 0.25) is 0 Å². The van der Waals surface area contributed by atoms with Crippen molar-refractivity contribution in [3.8, 4) is 0 Å². The highest BCUT2D eigenvalue weighted by Gasteiger charge is 2.19. The Morgan fingerprint density at radius 2 is 1.71 bits per heavy atom. The predicted molar refractivity (Wildman–Crippen MR) is 83.7 cm³/mol. The van der Waals surface area contributed by atoms with Gasteiger partial charge in [0.1, 0.15) is 5.82 Å². The SMILES string of the molecule is Cc1cc(S(=O)(=O)Nc2c(F)cc(F)cc2Br)ccc1Br. The van der Waals surface area contributed by atoms with Gasteiger partial charge in [0.2, 0.25) is 0 Å². The summed E-state index contributed by atoms with van der Waals surface area (Å²) in [5.41, 5.74) is 0.383. The maximum absolute atomic E-state index is 13.7. The van der Waals surface area contributed by atoms with Crippen LogP contribution in [-0.4, -0.2) is 8.42 Å². The molecule has 0 bridgehead atoms. The lowest BCUT2D eigenvalue weighted by Gasteiger charge is -2.11. The van der Waals surface area contributed by atoms with Crippen LogP contribution in [-0.2, 0) is 10.0 Å². The average molecular weight is 441 g/mol. The average Bonchev–Trinajstić information content (AvgIpc) is 2.37. The highest BCUT2D eigenvalue weighted by atomic mass is 79.9. The summed E-state index contributed by atoms with van der Waals surface area (Å²) in [5, 5.41) is 0. The van der Waals surface area contributed by atoms with Crippen molar-refractivity contribution in [1.29, 1.82) is 0 Å². The third-order valence-electron chi connectivity index (χ3n) is 2.68. The maximum atomic E-state index is 13.7. The van der Waals surface area contributed by atoms with E-state index in [1.54, 1.807) is 13.0 Å². The molecule has 0 aliphatic rings. The molecule has 0 aromatic heterocycles. The molecule has 0 fully saturated rings. The van der Waals surface area contributed by atoms with Crippen molar-refractivity contribution >= 4 is 47.6 Å². The molecule has 0 amide bonds. The number of hydrogen-bond acceptors (Lipinski definition) is 2. The van der Waals surface area contributed by atoms with E-state index in [9.17, 15) is 17.2 Å². The molecule has 0 saturated heterocycles. The Bertz CT molecular complexity index is 787. The number of nitrogens with one attached hydrogen (secondary N) is 1. The van der Waals surface area contributed by atoms with Gasteiger partial charge >= 0.3 is 0 Å². The molecule has 0 unspecified atom stereocenters. The smallest absolute Gasteiger partial charge is 0.262 e. The molecular weight excluding hydrogens is 432 g/mol. The number of sulfonamides is 1. The first-order valence-corrected chi connectivity index (χ1v) is 8.71. The third kappa shape index (κ3) is 3.61. The Balaban J connectivity index is 2.44. The topological polar surface area (TPSA) is 46.2 Å². The summed E-state index contributed by atoms with van der Waals surface area (Å²) in [6, 6.07) is 6.00. The largest absolute Gasteiger partial charge is 0.275 e. The zero-order valence-corrected chi connectivity index (χ0v) is 14.6. The van der Waals surface area contributed by atoms with Gasteiger partial charge in [-0.1, -0.05) is 15.9 Å². The van der Waals surface area contributed by atoms with Gasteiger partial charge in [-0.3, -0.25) is 4.72 Å². The van der Waals surface area contributed by atoms with Crippen LogP contribution in [0.25, 0.3) is 0 Å². The Morgan fingerprint density at radius 1 is 1.05 bits per heavy atom. The lowest BCUT2D eigenvalue weighted by molar-refractivity contribution is 0.581. The lowest BCUT2D eigenvalue weighted by Crippen LogP contribution is -2.14. The number of anilines is 1. The van der Waals surface area contributed by atoms with Gasteiger partial charge in [0.15, 0.2) is 5.82 Å². The van der Waals surface area contributed by atoms with E-state index in [-0.39, 0.29) is 15.1 Å². The third-order valence-corrected chi connectivity index (χ3v) is 5.55. The first-order chi connectivity index (χ1) is 9.70. The zero-order valence-electron chi connectivity index (χ0n) is 10.6. The van der Waals surface area contributed by atoms with Gasteiger partial charge in [0, 0.05) is 15.0 Å². The van der Waals surface area contributed by atoms with Crippen LogP contribution in [0.4, 0.5) is 14.5 Å². The van der Waals surface area contributed by atoms with Crippen molar-refractivity contribution in [2.75, 3.05) is 4.72 Å². The molecule has 0 heterocycles. The molecule has 2 rings (SSSR count). The van der Waals surface area contributed by atoms with E-state index in [0.29, 0.717) is 6.07 Å². The molecule has 0 atom stereocenters. The van der Waals surface area contributed by atoms with E-state index in [1.165, 1.54) is 12.1 Å². The van der Waals surface area contributed by atoms with Gasteiger partial charge in [-0.25, -0.2) is 17.2 Å². The molecule has 0 spiro atoms. The first-order valence-electron chi connectivity index (χ1n) is 5.64. The summed E-state index contributed by atoms with van der Waals surface area (Å²) in [5.74, 6) is -1.80. The summed E-state index contributed by atoms with van der Waals surface area (Å²) in [7, 11) is -3.97. The number of rotatable bonds is 3. The van der Waals surface area contributed by atoms with Crippen LogP contribution in [0.3, 0.4) is 0 Å². The Kier molecular flexibility index (Phi) is 4.69. The van der Waals surface area contributed by atoms with E-state index >= 15 is 0 Å². The second kappa shape index (κ2) is 6.02. The van der Waals surface area contributed by atoms with Crippen LogP contribution in [0.1, 0.15) is 5.56 Å². The zero-order chi connectivity index (χ0) is 15.8. The number of hydrogen-bond donors (Lipinski definition) is 1. The molecule has 21 heavy (non-hydrogen) atoms. The molecule has 0 aliphatic heterocycles. The highest BCUT2D eigenvalue weighted by molar-refractivity contribution is 9.11. The second-order valence-corrected chi connectivity index (χ2v) is 7.65. The summed E-state index contributed by atoms with van der Waals surface area (Å²) in [6.07, 6.45) is 0. The summed E-state index contributed by atoms with van der Waals surface area (Å²) in [6.45, 7) is 1.73. The maximum Gasteiger partial charge on any atom is 0.262 e. The number of benzene rings is 2. The molecule has 0 aliphatic carbocycles. The van der Waals surface area contributed by atoms with Crippen molar-refractivity contribution in [2.45, 2.75) is 11.8 Å². The fraction of sp³-hybridized carbons (Fsp3) is 0.0769. The van der Waals surface area contributed by atoms with Crippen LogP contribution in [0, 0.1) is 18.6 Å². The molecule has 3 nitrogen and oxygen atoms in total. The van der Waals surface area contributed by atoms with Gasteiger partial charge in [0.25, 0.3) is 10.0 Å². The van der Waals surface area contributed by atoms with Crippen LogP contribution in [0.15, 0.2) is 44.2 Å². The molecule has 2 aromatic rings. The lowest BCUT2D eigenvalue weighted by atomic mass is 10.2. The fourth-order valence-electron chi connectivity index (χ4n) is 1.62. The summed E-state index contributed by atoms with van der Waals surface area (Å²) < 4.78 is 54.1. The summed E-state index contributed by atoms with van der Waals surface area (Å²) in [4.78, 5) is -0.0150. The first kappa shape index (κ1) is 16.4. The fourth-order valence-corrected chi connectivity index (χ4v) is 3.68. The van der Waals surface area contributed by atoms with Crippen molar-refractivity contribution in [3.63, 3.8) is 0 Å². The molecular formula is C13H9Br2F2NO2S. The van der Waals surface area contributed by atoms with E-state index in [1.807, 2.05) is 0 Å². The van der Waals surface area contributed by atoms with E-state index < -0.39 is 21.7 Å². The minimum absolute atomic E-state index is 0.0150. The van der Waals surface area contributed by atoms with E-state index in [2.05, 4.69) is 36.6 Å². The van der Waals surface area contributed by atoms with Gasteiger partial charge < -0.3 is 0 Å². The molecule has 0 radical (unpaired) electrons. The van der Waals surface area contributed by atoms with Crippen molar-refractivity contribution in [1.82, 2.24) is 0 Å². The predicted octanol–water partition coefficient (Wildman–Crippen LogP) is 4.60. The minimum Gasteiger partial charge on any atom is -0.275 e. The monoisotopic (exact) mass is 439 g/mol. The van der Waals surface area contributed by atoms with Gasteiger partial charge in [-0.2, -0.15) is 0 Å². The molecule has 112 valence electrons. The standard InChI is InChI=1S/C13H9Br2F2NO2S/c1-7-4-9(2-3-10(7)14)21(19,20)18-13-11(15)5-8(16)6-12(13)17/h2-6,18H,1H3. The van der Waals surface area contributed by atoms with Crippen LogP contribution < -0.4 is 4.72 Å². The number of aryl methyl sites for hydroxylation is 1. The summed E-state index contributed by atoms with van der Waals surface area (Å²) >= 11 is 6.20. The molecule has 8 heteroatoms. The minimum atomic E-state index is -3.97.